The van der Waals surface area contributed by atoms with Crippen LogP contribution in [0, 0.1) is 5.92 Å². The molecule has 1 aromatic heterocycles. The zero-order chi connectivity index (χ0) is 15.5. The molecule has 0 atom stereocenters. The fraction of sp³-hybridized carbons (Fsp3) is 0.500. The van der Waals surface area contributed by atoms with Gasteiger partial charge in [0.25, 0.3) is 0 Å². The number of aromatic nitrogens is 1. The Labute approximate surface area is 132 Å². The van der Waals surface area contributed by atoms with Crippen LogP contribution >= 0.6 is 11.3 Å². The molecule has 1 heterocycles. The lowest BCUT2D eigenvalue weighted by atomic mass is 9.87. The highest BCUT2D eigenvalue weighted by molar-refractivity contribution is 7.15. The van der Waals surface area contributed by atoms with Crippen LogP contribution in [-0.4, -0.2) is 11.5 Å². The summed E-state index contributed by atoms with van der Waals surface area (Å²) in [6.45, 7) is 13.1. The van der Waals surface area contributed by atoms with Gasteiger partial charge in [-0.1, -0.05) is 58.9 Å². The van der Waals surface area contributed by atoms with E-state index in [-0.39, 0.29) is 5.41 Å². The summed E-state index contributed by atoms with van der Waals surface area (Å²) in [6.07, 6.45) is 1.99. The first-order valence-electron chi connectivity index (χ1n) is 7.62. The van der Waals surface area contributed by atoms with Gasteiger partial charge < -0.3 is 5.32 Å². The molecule has 0 aliphatic heterocycles. The van der Waals surface area contributed by atoms with Crippen LogP contribution in [0.4, 0.5) is 0 Å². The minimum atomic E-state index is 0.202. The van der Waals surface area contributed by atoms with Gasteiger partial charge in [0.05, 0.1) is 0 Å². The molecule has 0 bridgehead atoms. The third-order valence-electron chi connectivity index (χ3n) is 3.40. The normalized spacial score (nSPS) is 12.1. The van der Waals surface area contributed by atoms with Crippen LogP contribution in [0.2, 0.25) is 0 Å². The van der Waals surface area contributed by atoms with Crippen molar-refractivity contribution in [3.8, 4) is 10.6 Å². The summed E-state index contributed by atoms with van der Waals surface area (Å²) in [5.74, 6) is 0.683. The van der Waals surface area contributed by atoms with E-state index in [1.54, 1.807) is 11.3 Å². The van der Waals surface area contributed by atoms with Crippen LogP contribution in [0.5, 0.6) is 0 Å². The lowest BCUT2D eigenvalue weighted by molar-refractivity contribution is 0.554. The summed E-state index contributed by atoms with van der Waals surface area (Å²) in [4.78, 5) is 5.85. The van der Waals surface area contributed by atoms with Crippen LogP contribution in [0.1, 0.15) is 45.1 Å². The number of thiazole rings is 1. The van der Waals surface area contributed by atoms with Crippen molar-refractivity contribution < 1.29 is 0 Å². The molecule has 21 heavy (non-hydrogen) atoms. The van der Waals surface area contributed by atoms with Crippen LogP contribution in [0.3, 0.4) is 0 Å². The lowest BCUT2D eigenvalue weighted by Gasteiger charge is -2.18. The lowest BCUT2D eigenvalue weighted by Crippen LogP contribution is -2.18. The quantitative estimate of drug-likeness (QED) is 0.853. The maximum Gasteiger partial charge on any atom is 0.123 e. The standard InChI is InChI=1S/C18H26N2S/c1-13(2)10-19-11-16-12-20-17(21-16)14-6-8-15(9-7-14)18(3,4)5/h6-9,12-13,19H,10-11H2,1-5H3. The van der Waals surface area contributed by atoms with Crippen molar-refractivity contribution in [1.29, 1.82) is 0 Å². The van der Waals surface area contributed by atoms with Crippen molar-refractivity contribution >= 4 is 11.3 Å². The Balaban J connectivity index is 2.04. The molecule has 0 saturated heterocycles. The Morgan fingerprint density at radius 2 is 1.81 bits per heavy atom. The first-order chi connectivity index (χ1) is 9.86. The van der Waals surface area contributed by atoms with E-state index in [1.165, 1.54) is 16.0 Å². The van der Waals surface area contributed by atoms with Gasteiger partial charge >= 0.3 is 0 Å². The number of benzene rings is 1. The highest BCUT2D eigenvalue weighted by Crippen LogP contribution is 2.28. The number of nitrogens with one attached hydrogen (secondary N) is 1. The third kappa shape index (κ3) is 4.65. The molecule has 0 radical (unpaired) electrons. The minimum absolute atomic E-state index is 0.202. The van der Waals surface area contributed by atoms with Crippen LogP contribution in [0.15, 0.2) is 30.5 Å². The Morgan fingerprint density at radius 3 is 2.38 bits per heavy atom. The van der Waals surface area contributed by atoms with E-state index in [9.17, 15) is 0 Å². The number of rotatable bonds is 5. The van der Waals surface area contributed by atoms with Crippen LogP contribution in [-0.2, 0) is 12.0 Å². The van der Waals surface area contributed by atoms with Gasteiger partial charge in [-0.15, -0.1) is 11.3 Å². The predicted octanol–water partition coefficient (Wildman–Crippen LogP) is 4.85. The molecule has 0 unspecified atom stereocenters. The van der Waals surface area contributed by atoms with Crippen molar-refractivity contribution in [2.45, 2.75) is 46.6 Å². The molecule has 114 valence electrons. The summed E-state index contributed by atoms with van der Waals surface area (Å²) in [5.41, 5.74) is 2.78. The molecule has 0 spiro atoms. The number of nitrogens with zero attached hydrogens (tertiary/aromatic N) is 1. The van der Waals surface area contributed by atoms with Crippen LogP contribution in [0.25, 0.3) is 10.6 Å². The fourth-order valence-corrected chi connectivity index (χ4v) is 3.01. The summed E-state index contributed by atoms with van der Waals surface area (Å²) < 4.78 is 0. The van der Waals surface area contributed by atoms with E-state index in [2.05, 4.69) is 69.2 Å². The highest BCUT2D eigenvalue weighted by Gasteiger charge is 2.13. The molecule has 1 N–H and O–H groups in total. The van der Waals surface area contributed by atoms with Gasteiger partial charge in [0.2, 0.25) is 0 Å². The summed E-state index contributed by atoms with van der Waals surface area (Å²) >= 11 is 1.78. The van der Waals surface area contributed by atoms with Gasteiger partial charge in [-0.2, -0.15) is 0 Å². The Bertz CT molecular complexity index is 562. The van der Waals surface area contributed by atoms with Gasteiger partial charge in [-0.3, -0.25) is 0 Å². The smallest absolute Gasteiger partial charge is 0.123 e. The summed E-state index contributed by atoms with van der Waals surface area (Å²) in [6, 6.07) is 8.80. The first kappa shape index (κ1) is 16.2. The maximum atomic E-state index is 4.55. The van der Waals surface area contributed by atoms with E-state index in [0.717, 1.165) is 18.1 Å². The second-order valence-corrected chi connectivity index (χ2v) is 8.10. The van der Waals surface area contributed by atoms with E-state index in [1.807, 2.05) is 6.20 Å². The average molecular weight is 302 g/mol. The zero-order valence-corrected chi connectivity index (χ0v) is 14.6. The fourth-order valence-electron chi connectivity index (χ4n) is 2.12. The molecular formula is C18H26N2S. The van der Waals surface area contributed by atoms with Crippen molar-refractivity contribution in [2.24, 2.45) is 5.92 Å². The predicted molar refractivity (Wildman–Crippen MR) is 92.8 cm³/mol. The number of hydrogen-bond donors (Lipinski definition) is 1. The second-order valence-electron chi connectivity index (χ2n) is 6.98. The van der Waals surface area contributed by atoms with Gasteiger partial charge in [-0.25, -0.2) is 4.98 Å². The molecule has 0 fully saturated rings. The maximum absolute atomic E-state index is 4.55. The minimum Gasteiger partial charge on any atom is -0.312 e. The topological polar surface area (TPSA) is 24.9 Å². The SMILES string of the molecule is CC(C)CNCc1cnc(-c2ccc(C(C)(C)C)cc2)s1. The molecule has 0 aliphatic carbocycles. The number of hydrogen-bond acceptors (Lipinski definition) is 3. The van der Waals surface area contributed by atoms with E-state index in [4.69, 9.17) is 0 Å². The van der Waals surface area contributed by atoms with Gasteiger partial charge in [-0.05, 0) is 23.4 Å². The van der Waals surface area contributed by atoms with Crippen molar-refractivity contribution in [1.82, 2.24) is 10.3 Å². The molecule has 0 saturated carbocycles. The zero-order valence-electron chi connectivity index (χ0n) is 13.7. The Kier molecular flexibility index (Phi) is 5.17. The Hall–Kier alpha value is -1.19. The Morgan fingerprint density at radius 1 is 1.14 bits per heavy atom. The molecule has 2 aromatic rings. The average Bonchev–Trinajstić information content (AvgIpc) is 2.86. The monoisotopic (exact) mass is 302 g/mol. The van der Waals surface area contributed by atoms with E-state index < -0.39 is 0 Å². The van der Waals surface area contributed by atoms with E-state index in [0.29, 0.717) is 5.92 Å². The largest absolute Gasteiger partial charge is 0.312 e. The van der Waals surface area contributed by atoms with Gasteiger partial charge in [0.15, 0.2) is 0 Å². The second kappa shape index (κ2) is 6.71. The van der Waals surface area contributed by atoms with Crippen molar-refractivity contribution in [3.05, 3.63) is 40.9 Å². The highest BCUT2D eigenvalue weighted by atomic mass is 32.1. The molecule has 0 amide bonds. The first-order valence-corrected chi connectivity index (χ1v) is 8.44. The molecule has 2 nitrogen and oxygen atoms in total. The van der Waals surface area contributed by atoms with Crippen molar-refractivity contribution in [2.75, 3.05) is 6.54 Å². The van der Waals surface area contributed by atoms with Crippen molar-refractivity contribution in [3.63, 3.8) is 0 Å². The van der Waals surface area contributed by atoms with Crippen LogP contribution < -0.4 is 5.32 Å². The molecule has 2 rings (SSSR count). The van der Waals surface area contributed by atoms with Gasteiger partial charge in [0.1, 0.15) is 5.01 Å². The molecule has 1 aromatic carbocycles. The molecular weight excluding hydrogens is 276 g/mol. The summed E-state index contributed by atoms with van der Waals surface area (Å²) in [5, 5.41) is 4.57. The third-order valence-corrected chi connectivity index (χ3v) is 4.45. The molecule has 3 heteroatoms. The molecule has 0 aliphatic rings. The summed E-state index contributed by atoms with van der Waals surface area (Å²) in [7, 11) is 0. The van der Waals surface area contributed by atoms with E-state index >= 15 is 0 Å². The van der Waals surface area contributed by atoms with Gasteiger partial charge in [0, 0.05) is 23.2 Å².